The van der Waals surface area contributed by atoms with Gasteiger partial charge in [-0.2, -0.15) is 0 Å². The van der Waals surface area contributed by atoms with Crippen LogP contribution in [-0.2, 0) is 5.41 Å². The third-order valence-electron chi connectivity index (χ3n) is 4.77. The van der Waals surface area contributed by atoms with Crippen LogP contribution in [0.15, 0.2) is 24.3 Å². The molecule has 110 valence electrons. The summed E-state index contributed by atoms with van der Waals surface area (Å²) in [5.74, 6) is 1.23. The monoisotopic (exact) mass is 272 g/mol. The van der Waals surface area contributed by atoms with Crippen molar-refractivity contribution in [1.29, 1.82) is 0 Å². The molecule has 0 aromatic heterocycles. The molecule has 1 aromatic carbocycles. The van der Waals surface area contributed by atoms with Crippen LogP contribution < -0.4 is 0 Å². The van der Waals surface area contributed by atoms with Gasteiger partial charge in [0.25, 0.3) is 0 Å². The van der Waals surface area contributed by atoms with Gasteiger partial charge in [0.15, 0.2) is 5.78 Å². The van der Waals surface area contributed by atoms with Crippen LogP contribution in [0.5, 0.6) is 0 Å². The van der Waals surface area contributed by atoms with Crippen molar-refractivity contribution in [3.05, 3.63) is 35.4 Å². The summed E-state index contributed by atoms with van der Waals surface area (Å²) in [6.07, 6.45) is 5.95. The third kappa shape index (κ3) is 3.13. The molecule has 0 heterocycles. The Morgan fingerprint density at radius 1 is 1.15 bits per heavy atom. The Morgan fingerprint density at radius 2 is 1.80 bits per heavy atom. The van der Waals surface area contributed by atoms with Gasteiger partial charge in [0.2, 0.25) is 0 Å². The lowest BCUT2D eigenvalue weighted by atomic mass is 9.72. The second-order valence-corrected chi connectivity index (χ2v) is 7.22. The summed E-state index contributed by atoms with van der Waals surface area (Å²) in [6.45, 7) is 8.80. The zero-order chi connectivity index (χ0) is 14.8. The fourth-order valence-corrected chi connectivity index (χ4v) is 3.59. The molecule has 1 heteroatoms. The summed E-state index contributed by atoms with van der Waals surface area (Å²) in [6, 6.07) is 8.21. The van der Waals surface area contributed by atoms with Gasteiger partial charge in [0, 0.05) is 11.5 Å². The average Bonchev–Trinajstić information content (AvgIpc) is 2.45. The summed E-state index contributed by atoms with van der Waals surface area (Å²) in [4.78, 5) is 13.0. The molecular weight excluding hydrogens is 244 g/mol. The van der Waals surface area contributed by atoms with Crippen LogP contribution in [0.3, 0.4) is 0 Å². The molecule has 1 aromatic rings. The molecule has 1 aliphatic carbocycles. The van der Waals surface area contributed by atoms with Gasteiger partial charge in [-0.05, 0) is 29.7 Å². The van der Waals surface area contributed by atoms with Gasteiger partial charge in [0.05, 0.1) is 0 Å². The molecule has 0 radical (unpaired) electrons. The van der Waals surface area contributed by atoms with Gasteiger partial charge in [-0.3, -0.25) is 4.79 Å². The lowest BCUT2D eigenvalue weighted by Crippen LogP contribution is -2.29. The van der Waals surface area contributed by atoms with Gasteiger partial charge in [-0.1, -0.05) is 71.2 Å². The summed E-state index contributed by atoms with van der Waals surface area (Å²) >= 11 is 0. The van der Waals surface area contributed by atoms with Gasteiger partial charge in [-0.15, -0.1) is 0 Å². The second kappa shape index (κ2) is 6.11. The normalized spacial score (nSPS) is 23.6. The predicted molar refractivity (Wildman–Crippen MR) is 85.2 cm³/mol. The average molecular weight is 272 g/mol. The fraction of sp³-hybridized carbons (Fsp3) is 0.632. The van der Waals surface area contributed by atoms with E-state index in [9.17, 15) is 4.79 Å². The first-order chi connectivity index (χ1) is 9.45. The van der Waals surface area contributed by atoms with Crippen molar-refractivity contribution in [2.45, 2.75) is 65.2 Å². The second-order valence-electron chi connectivity index (χ2n) is 7.22. The van der Waals surface area contributed by atoms with E-state index in [1.54, 1.807) is 0 Å². The van der Waals surface area contributed by atoms with E-state index in [2.05, 4.69) is 39.8 Å². The predicted octanol–water partition coefficient (Wildman–Crippen LogP) is 5.38. The topological polar surface area (TPSA) is 17.1 Å². The van der Waals surface area contributed by atoms with Crippen LogP contribution in [0.4, 0.5) is 0 Å². The number of hydrogen-bond acceptors (Lipinski definition) is 1. The molecule has 0 spiro atoms. The largest absolute Gasteiger partial charge is 0.294 e. The summed E-state index contributed by atoms with van der Waals surface area (Å²) in [5, 5.41) is 0. The van der Waals surface area contributed by atoms with Crippen molar-refractivity contribution in [3.63, 3.8) is 0 Å². The van der Waals surface area contributed by atoms with Gasteiger partial charge in [0.1, 0.15) is 0 Å². The fourth-order valence-electron chi connectivity index (χ4n) is 3.59. The first kappa shape index (κ1) is 15.3. The highest BCUT2D eigenvalue weighted by Crippen LogP contribution is 2.36. The number of ketones is 1. The summed E-state index contributed by atoms with van der Waals surface area (Å²) in [5.41, 5.74) is 2.19. The van der Waals surface area contributed by atoms with Gasteiger partial charge < -0.3 is 0 Å². The Kier molecular flexibility index (Phi) is 4.67. The Hall–Kier alpha value is -1.11. The standard InChI is InChI=1S/C19H28O/c1-5-14-10-6-7-11-15(14)18(20)16-12-8-9-13-17(16)19(2,3)4/h8-9,12-15H,5-7,10-11H2,1-4H3. The van der Waals surface area contributed by atoms with Crippen molar-refractivity contribution in [2.24, 2.45) is 11.8 Å². The summed E-state index contributed by atoms with van der Waals surface area (Å²) in [7, 11) is 0. The Bertz CT molecular complexity index is 467. The Balaban J connectivity index is 2.33. The lowest BCUT2D eigenvalue weighted by molar-refractivity contribution is 0.0818. The number of carbonyl (C=O) groups is 1. The lowest BCUT2D eigenvalue weighted by Gasteiger charge is -2.31. The smallest absolute Gasteiger partial charge is 0.166 e. The Labute approximate surface area is 123 Å². The first-order valence-corrected chi connectivity index (χ1v) is 8.09. The maximum Gasteiger partial charge on any atom is 0.166 e. The Morgan fingerprint density at radius 3 is 2.45 bits per heavy atom. The first-order valence-electron chi connectivity index (χ1n) is 8.09. The molecule has 0 bridgehead atoms. The molecular formula is C19H28O. The highest BCUT2D eigenvalue weighted by atomic mass is 16.1. The molecule has 0 amide bonds. The molecule has 1 nitrogen and oxygen atoms in total. The van der Waals surface area contributed by atoms with Crippen LogP contribution in [-0.4, -0.2) is 5.78 Å². The number of benzene rings is 1. The van der Waals surface area contributed by atoms with E-state index in [0.29, 0.717) is 11.7 Å². The maximum atomic E-state index is 13.0. The maximum absolute atomic E-state index is 13.0. The van der Waals surface area contributed by atoms with Crippen molar-refractivity contribution in [2.75, 3.05) is 0 Å². The third-order valence-corrected chi connectivity index (χ3v) is 4.77. The van der Waals surface area contributed by atoms with Crippen LogP contribution in [0, 0.1) is 11.8 Å². The molecule has 2 rings (SSSR count). The molecule has 0 aliphatic heterocycles. The van der Waals surface area contributed by atoms with Crippen LogP contribution in [0.2, 0.25) is 0 Å². The number of Topliss-reactive ketones (excluding diaryl/α,β-unsaturated/α-hetero) is 1. The zero-order valence-corrected chi connectivity index (χ0v) is 13.4. The molecule has 2 atom stereocenters. The number of rotatable bonds is 3. The van der Waals surface area contributed by atoms with Crippen LogP contribution in [0.25, 0.3) is 0 Å². The quantitative estimate of drug-likeness (QED) is 0.675. The molecule has 1 fully saturated rings. The van der Waals surface area contributed by atoms with E-state index in [1.165, 1.54) is 24.8 Å². The van der Waals surface area contributed by atoms with E-state index in [4.69, 9.17) is 0 Å². The van der Waals surface area contributed by atoms with Crippen molar-refractivity contribution in [1.82, 2.24) is 0 Å². The minimum Gasteiger partial charge on any atom is -0.294 e. The molecule has 2 unspecified atom stereocenters. The van der Waals surface area contributed by atoms with Crippen molar-refractivity contribution in [3.8, 4) is 0 Å². The molecule has 1 saturated carbocycles. The van der Waals surface area contributed by atoms with E-state index in [1.807, 2.05) is 12.1 Å². The van der Waals surface area contributed by atoms with Gasteiger partial charge in [-0.25, -0.2) is 0 Å². The molecule has 0 saturated heterocycles. The van der Waals surface area contributed by atoms with Crippen molar-refractivity contribution < 1.29 is 4.79 Å². The SMILES string of the molecule is CCC1CCCCC1C(=O)c1ccccc1C(C)(C)C. The van der Waals surface area contributed by atoms with Crippen LogP contribution >= 0.6 is 0 Å². The molecule has 20 heavy (non-hydrogen) atoms. The minimum atomic E-state index is 0.0304. The minimum absolute atomic E-state index is 0.0304. The van der Waals surface area contributed by atoms with E-state index in [0.717, 1.165) is 18.4 Å². The van der Waals surface area contributed by atoms with E-state index < -0.39 is 0 Å². The summed E-state index contributed by atoms with van der Waals surface area (Å²) < 4.78 is 0. The van der Waals surface area contributed by atoms with E-state index >= 15 is 0 Å². The van der Waals surface area contributed by atoms with Crippen LogP contribution in [0.1, 0.15) is 75.7 Å². The molecule has 0 N–H and O–H groups in total. The van der Waals surface area contributed by atoms with Gasteiger partial charge >= 0.3 is 0 Å². The highest BCUT2D eigenvalue weighted by molar-refractivity contribution is 5.99. The van der Waals surface area contributed by atoms with E-state index in [-0.39, 0.29) is 11.3 Å². The van der Waals surface area contributed by atoms with Crippen molar-refractivity contribution >= 4 is 5.78 Å². The zero-order valence-electron chi connectivity index (χ0n) is 13.4. The highest BCUT2D eigenvalue weighted by Gasteiger charge is 2.32. The molecule has 1 aliphatic rings. The number of carbonyl (C=O) groups excluding carboxylic acids is 1. The number of hydrogen-bond donors (Lipinski definition) is 0.